The van der Waals surface area contributed by atoms with Gasteiger partial charge < -0.3 is 5.11 Å². The molecule has 2 N–H and O–H groups in total. The summed E-state index contributed by atoms with van der Waals surface area (Å²) in [6.07, 6.45) is 4.10. The van der Waals surface area contributed by atoms with Crippen molar-refractivity contribution in [3.63, 3.8) is 0 Å². The number of sulfonamides is 1. The number of hydrogen-bond donors (Lipinski definition) is 2. The SMILES string of the molecule is CC(C)c1ccc2c(CC=CCNS(=O)(=O)c3ccccc3)cc(C(=O)O)c-2cc1. The predicted molar refractivity (Wildman–Crippen MR) is 119 cm³/mol. The van der Waals surface area contributed by atoms with Crippen molar-refractivity contribution in [2.24, 2.45) is 0 Å². The Bertz CT molecular complexity index is 1140. The van der Waals surface area contributed by atoms with E-state index in [4.69, 9.17) is 0 Å². The lowest BCUT2D eigenvalue weighted by molar-refractivity contribution is 0.0698. The summed E-state index contributed by atoms with van der Waals surface area (Å²) in [5, 5.41) is 9.57. The fourth-order valence-corrected chi connectivity index (χ4v) is 4.30. The molecule has 0 saturated heterocycles. The summed E-state index contributed by atoms with van der Waals surface area (Å²) in [6.45, 7) is 4.35. The quantitative estimate of drug-likeness (QED) is 0.515. The third kappa shape index (κ3) is 4.96. The van der Waals surface area contributed by atoms with Crippen LogP contribution in [-0.2, 0) is 16.4 Å². The van der Waals surface area contributed by atoms with Crippen molar-refractivity contribution in [1.29, 1.82) is 0 Å². The Morgan fingerprint density at radius 3 is 2.30 bits per heavy atom. The zero-order valence-electron chi connectivity index (χ0n) is 17.0. The highest BCUT2D eigenvalue weighted by molar-refractivity contribution is 7.89. The first-order valence-corrected chi connectivity index (χ1v) is 11.3. The van der Waals surface area contributed by atoms with Crippen LogP contribution in [0.1, 0.15) is 41.3 Å². The van der Waals surface area contributed by atoms with E-state index in [1.165, 1.54) is 0 Å². The summed E-state index contributed by atoms with van der Waals surface area (Å²) in [7, 11) is -3.55. The minimum Gasteiger partial charge on any atom is -0.478 e. The van der Waals surface area contributed by atoms with Gasteiger partial charge >= 0.3 is 5.97 Å². The fourth-order valence-electron chi connectivity index (χ4n) is 3.30. The maximum absolute atomic E-state index is 12.2. The maximum atomic E-state index is 12.2. The predicted octanol–water partition coefficient (Wildman–Crippen LogP) is 4.69. The zero-order valence-corrected chi connectivity index (χ0v) is 17.8. The second-order valence-corrected chi connectivity index (χ2v) is 9.14. The van der Waals surface area contributed by atoms with Crippen molar-refractivity contribution < 1.29 is 18.3 Å². The third-order valence-corrected chi connectivity index (χ3v) is 6.42. The van der Waals surface area contributed by atoms with Crippen molar-refractivity contribution in [2.75, 3.05) is 6.54 Å². The number of hydrogen-bond acceptors (Lipinski definition) is 3. The van der Waals surface area contributed by atoms with E-state index in [1.807, 2.05) is 30.3 Å². The molecule has 0 spiro atoms. The van der Waals surface area contributed by atoms with Gasteiger partial charge in [0.15, 0.2) is 0 Å². The van der Waals surface area contributed by atoms with E-state index >= 15 is 0 Å². The number of carboxylic acid groups (broad SMARTS) is 1. The first kappa shape index (κ1) is 21.7. The largest absolute Gasteiger partial charge is 0.478 e. The van der Waals surface area contributed by atoms with E-state index < -0.39 is 16.0 Å². The molecular formula is C24H25NO4S. The van der Waals surface area contributed by atoms with E-state index in [0.717, 1.165) is 16.7 Å². The van der Waals surface area contributed by atoms with Crippen LogP contribution in [0.15, 0.2) is 77.7 Å². The van der Waals surface area contributed by atoms with Crippen LogP contribution >= 0.6 is 0 Å². The van der Waals surface area contributed by atoms with E-state index in [-0.39, 0.29) is 17.0 Å². The van der Waals surface area contributed by atoms with E-state index in [0.29, 0.717) is 17.9 Å². The summed E-state index contributed by atoms with van der Waals surface area (Å²) in [5.41, 5.74) is 3.93. The van der Waals surface area contributed by atoms with Gasteiger partial charge in [-0.3, -0.25) is 0 Å². The van der Waals surface area contributed by atoms with Gasteiger partial charge in [-0.1, -0.05) is 68.5 Å². The minimum absolute atomic E-state index is 0.160. The molecule has 1 aromatic carbocycles. The van der Waals surface area contributed by atoms with Gasteiger partial charge in [0.1, 0.15) is 0 Å². The Morgan fingerprint density at radius 1 is 1.00 bits per heavy atom. The van der Waals surface area contributed by atoms with Gasteiger partial charge in [-0.15, -0.1) is 0 Å². The average Bonchev–Trinajstić information content (AvgIpc) is 2.91. The molecule has 6 heteroatoms. The van der Waals surface area contributed by atoms with Crippen LogP contribution in [0.3, 0.4) is 0 Å². The molecule has 30 heavy (non-hydrogen) atoms. The molecule has 0 aliphatic heterocycles. The molecular weight excluding hydrogens is 398 g/mol. The van der Waals surface area contributed by atoms with Crippen molar-refractivity contribution in [2.45, 2.75) is 31.1 Å². The number of allylic oxidation sites excluding steroid dienone is 1. The summed E-state index contributed by atoms with van der Waals surface area (Å²) in [4.78, 5) is 11.9. The number of fused-ring (bicyclic) bond motifs is 1. The van der Waals surface area contributed by atoms with Crippen molar-refractivity contribution >= 4 is 16.0 Å². The zero-order chi connectivity index (χ0) is 21.7. The Hall–Kier alpha value is -2.96. The van der Waals surface area contributed by atoms with Crippen LogP contribution in [-0.4, -0.2) is 26.0 Å². The lowest BCUT2D eigenvalue weighted by atomic mass is 10.1. The van der Waals surface area contributed by atoms with Gasteiger partial charge in [-0.05, 0) is 52.8 Å². The maximum Gasteiger partial charge on any atom is 0.336 e. The van der Waals surface area contributed by atoms with Gasteiger partial charge in [0.25, 0.3) is 0 Å². The number of nitrogens with one attached hydrogen (secondary N) is 1. The molecule has 0 heterocycles. The molecule has 2 aliphatic rings. The molecule has 0 amide bonds. The van der Waals surface area contributed by atoms with Gasteiger partial charge in [-0.2, -0.15) is 0 Å². The highest BCUT2D eigenvalue weighted by atomic mass is 32.2. The van der Waals surface area contributed by atoms with E-state index in [9.17, 15) is 18.3 Å². The monoisotopic (exact) mass is 423 g/mol. The van der Waals surface area contributed by atoms with Gasteiger partial charge in [-0.25, -0.2) is 17.9 Å². The number of benzene rings is 1. The van der Waals surface area contributed by atoms with Crippen LogP contribution in [0.5, 0.6) is 0 Å². The van der Waals surface area contributed by atoms with Crippen LogP contribution in [0.2, 0.25) is 0 Å². The number of carboxylic acids is 1. The van der Waals surface area contributed by atoms with Crippen molar-refractivity contribution in [1.82, 2.24) is 4.72 Å². The molecule has 0 saturated carbocycles. The third-order valence-electron chi connectivity index (χ3n) is 4.98. The van der Waals surface area contributed by atoms with Crippen LogP contribution in [0, 0.1) is 0 Å². The van der Waals surface area contributed by atoms with Gasteiger partial charge in [0.05, 0.1) is 10.5 Å². The molecule has 2 aliphatic carbocycles. The number of rotatable bonds is 8. The normalized spacial score (nSPS) is 12.1. The van der Waals surface area contributed by atoms with Gasteiger partial charge in [0, 0.05) is 6.54 Å². The standard InChI is InChI=1S/C24H25NO4S/c1-17(2)18-11-13-21-19(16-23(24(26)27)22(21)14-12-18)8-6-7-15-25-30(28,29)20-9-4-3-5-10-20/h3-7,9-14,16-17,25H,8,15H2,1-2H3,(H,26,27). The molecule has 3 rings (SSSR count). The second kappa shape index (κ2) is 9.24. The number of carbonyl (C=O) groups is 1. The van der Waals surface area contributed by atoms with Gasteiger partial charge in [0.2, 0.25) is 10.0 Å². The fraction of sp³-hybridized carbons (Fsp3) is 0.208. The molecule has 156 valence electrons. The first-order valence-electron chi connectivity index (χ1n) is 9.78. The van der Waals surface area contributed by atoms with Crippen molar-refractivity contribution in [3.8, 4) is 11.1 Å². The molecule has 0 radical (unpaired) electrons. The Kier molecular flexibility index (Phi) is 6.70. The second-order valence-electron chi connectivity index (χ2n) is 7.38. The first-order chi connectivity index (χ1) is 14.3. The smallest absolute Gasteiger partial charge is 0.336 e. The molecule has 0 atom stereocenters. The Morgan fingerprint density at radius 2 is 1.67 bits per heavy atom. The molecule has 0 bridgehead atoms. The summed E-state index contributed by atoms with van der Waals surface area (Å²) in [6, 6.07) is 17.7. The molecule has 0 unspecified atom stereocenters. The van der Waals surface area contributed by atoms with Crippen LogP contribution in [0.25, 0.3) is 11.1 Å². The molecule has 5 nitrogen and oxygen atoms in total. The molecule has 1 aromatic rings. The topological polar surface area (TPSA) is 83.5 Å². The highest BCUT2D eigenvalue weighted by Gasteiger charge is 2.19. The minimum atomic E-state index is -3.55. The summed E-state index contributed by atoms with van der Waals surface area (Å²) >= 11 is 0. The van der Waals surface area contributed by atoms with Crippen LogP contribution < -0.4 is 4.72 Å². The Balaban J connectivity index is 1.75. The highest BCUT2D eigenvalue weighted by Crippen LogP contribution is 2.33. The Labute approximate surface area is 177 Å². The summed E-state index contributed by atoms with van der Waals surface area (Å²) in [5.74, 6) is -0.612. The average molecular weight is 424 g/mol. The summed E-state index contributed by atoms with van der Waals surface area (Å²) < 4.78 is 27.0. The van der Waals surface area contributed by atoms with E-state index in [1.54, 1.807) is 42.5 Å². The van der Waals surface area contributed by atoms with Crippen molar-refractivity contribution in [3.05, 3.63) is 89.5 Å². The molecule has 0 aromatic heterocycles. The molecule has 0 fully saturated rings. The number of aromatic carboxylic acids is 1. The lowest BCUT2D eigenvalue weighted by Gasteiger charge is -2.04. The van der Waals surface area contributed by atoms with E-state index in [2.05, 4.69) is 18.6 Å². The lowest BCUT2D eigenvalue weighted by Crippen LogP contribution is -2.23. The van der Waals surface area contributed by atoms with Crippen LogP contribution in [0.4, 0.5) is 0 Å².